The number of rotatable bonds is 6. The minimum absolute atomic E-state index is 0.0236. The van der Waals surface area contributed by atoms with Crippen molar-refractivity contribution in [2.45, 2.75) is 53.0 Å². The van der Waals surface area contributed by atoms with E-state index in [-0.39, 0.29) is 29.8 Å². The molecule has 0 saturated carbocycles. The SMILES string of the molecule is CC(C)Cc1ccc(C(NC(=O)N2CCC(C(N)=O)CC2)C(C)C)cc1. The van der Waals surface area contributed by atoms with Gasteiger partial charge in [0.25, 0.3) is 0 Å². The lowest BCUT2D eigenvalue weighted by molar-refractivity contribution is -0.123. The van der Waals surface area contributed by atoms with Gasteiger partial charge in [-0.05, 0) is 42.2 Å². The molecule has 3 amide bonds. The molecular formula is C21H33N3O2. The van der Waals surface area contributed by atoms with Crippen LogP contribution in [-0.2, 0) is 11.2 Å². The largest absolute Gasteiger partial charge is 0.369 e. The van der Waals surface area contributed by atoms with Gasteiger partial charge in [0.15, 0.2) is 0 Å². The maximum absolute atomic E-state index is 12.7. The topological polar surface area (TPSA) is 75.4 Å². The van der Waals surface area contributed by atoms with E-state index in [2.05, 4.69) is 57.3 Å². The Morgan fingerprint density at radius 1 is 1.12 bits per heavy atom. The summed E-state index contributed by atoms with van der Waals surface area (Å²) in [6.07, 6.45) is 2.37. The quantitative estimate of drug-likeness (QED) is 0.816. The maximum Gasteiger partial charge on any atom is 0.317 e. The zero-order chi connectivity index (χ0) is 19.3. The summed E-state index contributed by atoms with van der Waals surface area (Å²) in [5, 5.41) is 3.18. The van der Waals surface area contributed by atoms with E-state index >= 15 is 0 Å². The van der Waals surface area contributed by atoms with Crippen molar-refractivity contribution in [3.63, 3.8) is 0 Å². The molecule has 1 aromatic rings. The smallest absolute Gasteiger partial charge is 0.317 e. The third-order valence-electron chi connectivity index (χ3n) is 5.11. The van der Waals surface area contributed by atoms with Crippen molar-refractivity contribution >= 4 is 11.9 Å². The highest BCUT2D eigenvalue weighted by molar-refractivity contribution is 5.78. The molecule has 5 heteroatoms. The van der Waals surface area contributed by atoms with E-state index in [4.69, 9.17) is 5.73 Å². The van der Waals surface area contributed by atoms with Crippen LogP contribution in [0.5, 0.6) is 0 Å². The van der Waals surface area contributed by atoms with Crippen molar-refractivity contribution in [3.8, 4) is 0 Å². The van der Waals surface area contributed by atoms with E-state index in [0.717, 1.165) is 12.0 Å². The highest BCUT2D eigenvalue weighted by Gasteiger charge is 2.28. The van der Waals surface area contributed by atoms with Gasteiger partial charge in [-0.1, -0.05) is 52.0 Å². The third kappa shape index (κ3) is 5.48. The molecule has 1 saturated heterocycles. The van der Waals surface area contributed by atoms with Gasteiger partial charge in [-0.3, -0.25) is 4.79 Å². The predicted molar refractivity (Wildman–Crippen MR) is 105 cm³/mol. The fourth-order valence-corrected chi connectivity index (χ4v) is 3.56. The van der Waals surface area contributed by atoms with Crippen molar-refractivity contribution in [2.75, 3.05) is 13.1 Å². The van der Waals surface area contributed by atoms with Crippen LogP contribution in [0.1, 0.15) is 57.7 Å². The molecular weight excluding hydrogens is 326 g/mol. The van der Waals surface area contributed by atoms with E-state index in [0.29, 0.717) is 31.8 Å². The molecule has 26 heavy (non-hydrogen) atoms. The number of nitrogens with two attached hydrogens (primary N) is 1. The summed E-state index contributed by atoms with van der Waals surface area (Å²) in [5.74, 6) is 0.558. The lowest BCUT2D eigenvalue weighted by Gasteiger charge is -2.33. The second kappa shape index (κ2) is 9.06. The first-order chi connectivity index (χ1) is 12.3. The summed E-state index contributed by atoms with van der Waals surface area (Å²) >= 11 is 0. The number of primary amides is 1. The number of carbonyl (C=O) groups is 2. The van der Waals surface area contributed by atoms with Gasteiger partial charge in [0.2, 0.25) is 5.91 Å². The highest BCUT2D eigenvalue weighted by atomic mass is 16.2. The lowest BCUT2D eigenvalue weighted by atomic mass is 9.93. The molecule has 1 aliphatic heterocycles. The van der Waals surface area contributed by atoms with E-state index in [1.807, 2.05) is 0 Å². The number of carbonyl (C=O) groups excluding carboxylic acids is 2. The lowest BCUT2D eigenvalue weighted by Crippen LogP contribution is -2.47. The fraction of sp³-hybridized carbons (Fsp3) is 0.619. The first-order valence-electron chi connectivity index (χ1n) is 9.71. The number of amides is 3. The predicted octanol–water partition coefficient (Wildman–Crippen LogP) is 3.49. The molecule has 1 fully saturated rings. The molecule has 1 heterocycles. The van der Waals surface area contributed by atoms with Crippen molar-refractivity contribution in [2.24, 2.45) is 23.5 Å². The molecule has 0 aliphatic carbocycles. The van der Waals surface area contributed by atoms with Gasteiger partial charge in [0.1, 0.15) is 0 Å². The van der Waals surface area contributed by atoms with Gasteiger partial charge >= 0.3 is 6.03 Å². The molecule has 3 N–H and O–H groups in total. The Kier molecular flexibility index (Phi) is 7.06. The summed E-state index contributed by atoms with van der Waals surface area (Å²) in [6.45, 7) is 9.83. The zero-order valence-corrected chi connectivity index (χ0v) is 16.5. The van der Waals surface area contributed by atoms with Crippen LogP contribution in [-0.4, -0.2) is 29.9 Å². The Morgan fingerprint density at radius 3 is 2.15 bits per heavy atom. The van der Waals surface area contributed by atoms with E-state index in [1.165, 1.54) is 5.56 Å². The van der Waals surface area contributed by atoms with E-state index in [9.17, 15) is 9.59 Å². The summed E-state index contributed by atoms with van der Waals surface area (Å²) in [6, 6.07) is 8.50. The monoisotopic (exact) mass is 359 g/mol. The number of benzene rings is 1. The van der Waals surface area contributed by atoms with E-state index < -0.39 is 0 Å². The third-order valence-corrected chi connectivity index (χ3v) is 5.11. The number of likely N-dealkylation sites (tertiary alicyclic amines) is 1. The van der Waals surface area contributed by atoms with Crippen molar-refractivity contribution in [3.05, 3.63) is 35.4 Å². The average Bonchev–Trinajstić information content (AvgIpc) is 2.59. The van der Waals surface area contributed by atoms with E-state index in [1.54, 1.807) is 4.90 Å². The minimum Gasteiger partial charge on any atom is -0.369 e. The Hall–Kier alpha value is -2.04. The average molecular weight is 360 g/mol. The van der Waals surface area contributed by atoms with Gasteiger partial charge in [-0.15, -0.1) is 0 Å². The molecule has 0 aromatic heterocycles. The van der Waals surface area contributed by atoms with Crippen LogP contribution in [0, 0.1) is 17.8 Å². The van der Waals surface area contributed by atoms with Gasteiger partial charge < -0.3 is 16.0 Å². The zero-order valence-electron chi connectivity index (χ0n) is 16.5. The first kappa shape index (κ1) is 20.3. The molecule has 0 bridgehead atoms. The fourth-order valence-electron chi connectivity index (χ4n) is 3.56. The molecule has 0 radical (unpaired) electrons. The molecule has 2 rings (SSSR count). The summed E-state index contributed by atoms with van der Waals surface area (Å²) < 4.78 is 0. The Morgan fingerprint density at radius 2 is 1.69 bits per heavy atom. The molecule has 1 aliphatic rings. The van der Waals surface area contributed by atoms with Gasteiger partial charge in [-0.25, -0.2) is 4.79 Å². The number of piperidine rings is 1. The summed E-state index contributed by atoms with van der Waals surface area (Å²) in [7, 11) is 0. The van der Waals surface area contributed by atoms with Crippen molar-refractivity contribution in [1.82, 2.24) is 10.2 Å². The van der Waals surface area contributed by atoms with Crippen LogP contribution < -0.4 is 11.1 Å². The molecule has 0 spiro atoms. The first-order valence-corrected chi connectivity index (χ1v) is 9.71. The second-order valence-corrected chi connectivity index (χ2v) is 8.17. The van der Waals surface area contributed by atoms with Crippen LogP contribution in [0.15, 0.2) is 24.3 Å². The van der Waals surface area contributed by atoms with Crippen molar-refractivity contribution in [1.29, 1.82) is 0 Å². The molecule has 1 unspecified atom stereocenters. The van der Waals surface area contributed by atoms with Gasteiger partial charge in [0.05, 0.1) is 6.04 Å². The van der Waals surface area contributed by atoms with Gasteiger partial charge in [-0.2, -0.15) is 0 Å². The summed E-state index contributed by atoms with van der Waals surface area (Å²) in [5.41, 5.74) is 7.83. The number of nitrogens with zero attached hydrogens (tertiary/aromatic N) is 1. The number of hydrogen-bond acceptors (Lipinski definition) is 2. The molecule has 5 nitrogen and oxygen atoms in total. The Bertz CT molecular complexity index is 602. The molecule has 1 aromatic carbocycles. The molecule has 144 valence electrons. The second-order valence-electron chi connectivity index (χ2n) is 8.17. The van der Waals surface area contributed by atoms with Crippen LogP contribution >= 0.6 is 0 Å². The van der Waals surface area contributed by atoms with Crippen LogP contribution in [0.3, 0.4) is 0 Å². The standard InChI is InChI=1S/C21H33N3O2/c1-14(2)13-16-5-7-17(8-6-16)19(15(3)4)23-21(26)24-11-9-18(10-12-24)20(22)25/h5-8,14-15,18-19H,9-13H2,1-4H3,(H2,22,25)(H,23,26). The van der Waals surface area contributed by atoms with Crippen LogP contribution in [0.2, 0.25) is 0 Å². The van der Waals surface area contributed by atoms with Crippen LogP contribution in [0.4, 0.5) is 4.79 Å². The number of urea groups is 1. The minimum atomic E-state index is -0.258. The number of hydrogen-bond donors (Lipinski definition) is 2. The Balaban J connectivity index is 1.99. The number of nitrogens with one attached hydrogen (secondary N) is 1. The van der Waals surface area contributed by atoms with Crippen LogP contribution in [0.25, 0.3) is 0 Å². The normalized spacial score (nSPS) is 16.8. The Labute approximate surface area is 157 Å². The summed E-state index contributed by atoms with van der Waals surface area (Å²) in [4.78, 5) is 25.7. The maximum atomic E-state index is 12.7. The van der Waals surface area contributed by atoms with Crippen molar-refractivity contribution < 1.29 is 9.59 Å². The van der Waals surface area contributed by atoms with Gasteiger partial charge in [0, 0.05) is 19.0 Å². The molecule has 1 atom stereocenters. The highest BCUT2D eigenvalue weighted by Crippen LogP contribution is 2.24.